The fraction of sp³-hybridized carbons (Fsp3) is 0.500. The average molecular weight is 370 g/mol. The summed E-state index contributed by atoms with van der Waals surface area (Å²) >= 11 is 1.26. The van der Waals surface area contributed by atoms with Gasteiger partial charge in [-0.2, -0.15) is 9.94 Å². The summed E-state index contributed by atoms with van der Waals surface area (Å²) in [6.45, 7) is 6.07. The highest BCUT2D eigenvalue weighted by Crippen LogP contribution is 2.39. The van der Waals surface area contributed by atoms with Gasteiger partial charge < -0.3 is 5.32 Å². The lowest BCUT2D eigenvalue weighted by atomic mass is 9.98. The van der Waals surface area contributed by atoms with E-state index in [-0.39, 0.29) is 17.6 Å². The van der Waals surface area contributed by atoms with Crippen molar-refractivity contribution in [3.8, 4) is 11.8 Å². The van der Waals surface area contributed by atoms with Gasteiger partial charge in [-0.05, 0) is 59.7 Å². The quantitative estimate of drug-likeness (QED) is 0.753. The Morgan fingerprint density at radius 2 is 2.12 bits per heavy atom. The molecule has 1 amide bonds. The van der Waals surface area contributed by atoms with Gasteiger partial charge in [0.25, 0.3) is 0 Å². The highest BCUT2D eigenvalue weighted by Gasteiger charge is 2.42. The number of hydrogen-bond acceptors (Lipinski definition) is 6. The molecule has 1 saturated carbocycles. The zero-order valence-corrected chi connectivity index (χ0v) is 16.0. The maximum absolute atomic E-state index is 12.3. The smallest absolute Gasteiger partial charge is 0.231 e. The van der Waals surface area contributed by atoms with Gasteiger partial charge in [-0.15, -0.1) is 5.10 Å². The van der Waals surface area contributed by atoms with Crippen molar-refractivity contribution in [3.05, 3.63) is 29.8 Å². The molecule has 1 fully saturated rings. The monoisotopic (exact) mass is 370 g/mol. The molecule has 1 heterocycles. The molecule has 0 aliphatic heterocycles. The van der Waals surface area contributed by atoms with Gasteiger partial charge >= 0.3 is 0 Å². The molecule has 1 aliphatic carbocycles. The first-order chi connectivity index (χ1) is 12.4. The Kier molecular flexibility index (Phi) is 5.28. The Hall–Kier alpha value is -2.40. The topological polar surface area (TPSA) is 96.5 Å². The van der Waals surface area contributed by atoms with Crippen LogP contribution in [0.5, 0.6) is 0 Å². The average Bonchev–Trinajstić information content (AvgIpc) is 3.39. The van der Waals surface area contributed by atoms with E-state index >= 15 is 0 Å². The predicted molar refractivity (Wildman–Crippen MR) is 98.9 cm³/mol. The van der Waals surface area contributed by atoms with Gasteiger partial charge in [0.05, 0.1) is 17.5 Å². The van der Waals surface area contributed by atoms with E-state index in [0.717, 1.165) is 18.5 Å². The number of carbonyl (C=O) groups is 1. The van der Waals surface area contributed by atoms with Crippen LogP contribution in [0.4, 0.5) is 0 Å². The lowest BCUT2D eigenvalue weighted by Crippen LogP contribution is -2.47. The van der Waals surface area contributed by atoms with Crippen LogP contribution in [-0.4, -0.2) is 37.4 Å². The van der Waals surface area contributed by atoms with Gasteiger partial charge in [0.1, 0.15) is 5.54 Å². The van der Waals surface area contributed by atoms with Crippen molar-refractivity contribution in [3.63, 3.8) is 0 Å². The molecule has 7 nitrogen and oxygen atoms in total. The summed E-state index contributed by atoms with van der Waals surface area (Å²) in [5, 5.41) is 24.5. The van der Waals surface area contributed by atoms with Crippen LogP contribution >= 0.6 is 11.8 Å². The summed E-state index contributed by atoms with van der Waals surface area (Å²) in [6.07, 6.45) is 1.98. The molecule has 0 unspecified atom stereocenters. The van der Waals surface area contributed by atoms with Gasteiger partial charge in [0.2, 0.25) is 11.1 Å². The molecule has 8 heteroatoms. The number of amides is 1. The van der Waals surface area contributed by atoms with Crippen molar-refractivity contribution in [2.24, 2.45) is 5.92 Å². The molecule has 1 aromatic carbocycles. The van der Waals surface area contributed by atoms with Gasteiger partial charge in [0, 0.05) is 0 Å². The molecular weight excluding hydrogens is 348 g/mol. The molecule has 0 spiro atoms. The van der Waals surface area contributed by atoms with Gasteiger partial charge in [0.15, 0.2) is 0 Å². The number of nitrogens with one attached hydrogen (secondary N) is 1. The standard InChI is InChI=1S/C18H22N6OS/c1-12(2)13-4-8-15(9-5-13)24-17(21-22-23-24)26-10-16(25)20-18(3,11-19)14-6-7-14/h4-5,8-9,12,14H,6-7,10H2,1-3H3,(H,20,25)/t18-/m1/s1. The Morgan fingerprint density at radius 1 is 1.42 bits per heavy atom. The van der Waals surface area contributed by atoms with E-state index in [1.54, 1.807) is 11.6 Å². The van der Waals surface area contributed by atoms with E-state index in [0.29, 0.717) is 11.1 Å². The molecular formula is C18H22N6OS. The summed E-state index contributed by atoms with van der Waals surface area (Å²) in [5.41, 5.74) is 1.31. The second-order valence-electron chi connectivity index (χ2n) is 7.04. The number of aromatic nitrogens is 4. The molecule has 0 radical (unpaired) electrons. The fourth-order valence-electron chi connectivity index (χ4n) is 2.77. The van der Waals surface area contributed by atoms with Crippen LogP contribution in [0, 0.1) is 17.2 Å². The highest BCUT2D eigenvalue weighted by atomic mass is 32.2. The van der Waals surface area contributed by atoms with Crippen LogP contribution in [0.15, 0.2) is 29.4 Å². The lowest BCUT2D eigenvalue weighted by Gasteiger charge is -2.22. The van der Waals surface area contributed by atoms with Gasteiger partial charge in [-0.3, -0.25) is 4.79 Å². The molecule has 0 saturated heterocycles. The number of nitriles is 1. The van der Waals surface area contributed by atoms with E-state index in [1.165, 1.54) is 17.3 Å². The van der Waals surface area contributed by atoms with E-state index < -0.39 is 5.54 Å². The van der Waals surface area contributed by atoms with Crippen molar-refractivity contribution < 1.29 is 4.79 Å². The zero-order valence-electron chi connectivity index (χ0n) is 15.1. The van der Waals surface area contributed by atoms with E-state index in [1.807, 2.05) is 12.1 Å². The van der Waals surface area contributed by atoms with Gasteiger partial charge in [-0.1, -0.05) is 37.7 Å². The summed E-state index contributed by atoms with van der Waals surface area (Å²) in [6, 6.07) is 10.3. The third-order valence-corrected chi connectivity index (χ3v) is 5.52. The third-order valence-electron chi connectivity index (χ3n) is 4.60. The Balaban J connectivity index is 1.64. The number of benzene rings is 1. The minimum absolute atomic E-state index is 0.161. The fourth-order valence-corrected chi connectivity index (χ4v) is 3.46. The first-order valence-corrected chi connectivity index (χ1v) is 9.65. The van der Waals surface area contributed by atoms with E-state index in [9.17, 15) is 10.1 Å². The van der Waals surface area contributed by atoms with Crippen molar-refractivity contribution in [1.29, 1.82) is 5.26 Å². The van der Waals surface area contributed by atoms with Crippen LogP contribution < -0.4 is 5.32 Å². The molecule has 1 aliphatic rings. The number of carbonyl (C=O) groups excluding carboxylic acids is 1. The van der Waals surface area contributed by atoms with Gasteiger partial charge in [-0.25, -0.2) is 0 Å². The summed E-state index contributed by atoms with van der Waals surface area (Å²) < 4.78 is 1.62. The third kappa shape index (κ3) is 4.05. The van der Waals surface area contributed by atoms with Crippen LogP contribution in [0.25, 0.3) is 5.69 Å². The van der Waals surface area contributed by atoms with Crippen LogP contribution in [-0.2, 0) is 4.79 Å². The van der Waals surface area contributed by atoms with Crippen LogP contribution in [0.1, 0.15) is 45.1 Å². The molecule has 26 heavy (non-hydrogen) atoms. The van der Waals surface area contributed by atoms with Crippen molar-refractivity contribution in [2.45, 2.75) is 50.2 Å². The number of nitrogens with zero attached hydrogens (tertiary/aromatic N) is 5. The van der Waals surface area contributed by atoms with Crippen molar-refractivity contribution >= 4 is 17.7 Å². The van der Waals surface area contributed by atoms with E-state index in [4.69, 9.17) is 0 Å². The predicted octanol–water partition coefficient (Wildman–Crippen LogP) is 2.69. The first-order valence-electron chi connectivity index (χ1n) is 8.66. The summed E-state index contributed by atoms with van der Waals surface area (Å²) in [4.78, 5) is 12.3. The molecule has 1 aromatic heterocycles. The first kappa shape index (κ1) is 18.4. The van der Waals surface area contributed by atoms with Crippen LogP contribution in [0.2, 0.25) is 0 Å². The molecule has 0 bridgehead atoms. The zero-order chi connectivity index (χ0) is 18.7. The Bertz CT molecular complexity index is 821. The number of thioether (sulfide) groups is 1. The normalized spacial score (nSPS) is 16.1. The molecule has 2 aromatic rings. The molecule has 136 valence electrons. The maximum Gasteiger partial charge on any atom is 0.231 e. The largest absolute Gasteiger partial charge is 0.337 e. The van der Waals surface area contributed by atoms with Crippen molar-refractivity contribution in [2.75, 3.05) is 5.75 Å². The minimum Gasteiger partial charge on any atom is -0.337 e. The second kappa shape index (κ2) is 7.46. The SMILES string of the molecule is CC(C)c1ccc(-n2nnnc2SCC(=O)N[C@](C)(C#N)C2CC2)cc1. The highest BCUT2D eigenvalue weighted by molar-refractivity contribution is 7.99. The Morgan fingerprint density at radius 3 is 2.69 bits per heavy atom. The molecule has 3 rings (SSSR count). The maximum atomic E-state index is 12.3. The molecule has 1 atom stereocenters. The van der Waals surface area contributed by atoms with E-state index in [2.05, 4.69) is 52.9 Å². The number of hydrogen-bond donors (Lipinski definition) is 1. The summed E-state index contributed by atoms with van der Waals surface area (Å²) in [5.74, 6) is 0.687. The van der Waals surface area contributed by atoms with Crippen LogP contribution in [0.3, 0.4) is 0 Å². The number of rotatable bonds is 7. The van der Waals surface area contributed by atoms with Crippen molar-refractivity contribution in [1.82, 2.24) is 25.5 Å². The lowest BCUT2D eigenvalue weighted by molar-refractivity contribution is -0.119. The second-order valence-corrected chi connectivity index (χ2v) is 7.99. The Labute approximate surface area is 157 Å². The molecule has 1 N–H and O–H groups in total. The summed E-state index contributed by atoms with van der Waals surface area (Å²) in [7, 11) is 0. The minimum atomic E-state index is -0.782. The number of tetrazole rings is 1.